The lowest BCUT2D eigenvalue weighted by Gasteiger charge is -2.30. The first kappa shape index (κ1) is 14.8. The second-order valence-corrected chi connectivity index (χ2v) is 4.64. The molecule has 1 amide bonds. The number of hydrogen-bond acceptors (Lipinski definition) is 3. The first-order valence-electron chi connectivity index (χ1n) is 6.02. The maximum atomic E-state index is 12.3. The largest absolute Gasteiger partial charge is 0.471 e. The number of alkyl halides is 3. The summed E-state index contributed by atoms with van der Waals surface area (Å²) in [7, 11) is 1.43. The van der Waals surface area contributed by atoms with E-state index < -0.39 is 24.3 Å². The molecule has 1 aliphatic rings. The van der Waals surface area contributed by atoms with Gasteiger partial charge in [-0.15, -0.1) is 0 Å². The number of halogens is 3. The van der Waals surface area contributed by atoms with Gasteiger partial charge in [0.05, 0.1) is 12.2 Å². The van der Waals surface area contributed by atoms with Gasteiger partial charge >= 0.3 is 12.1 Å². The van der Waals surface area contributed by atoms with Crippen molar-refractivity contribution in [2.45, 2.75) is 31.2 Å². The molecule has 0 aromatic heterocycles. The Morgan fingerprint density at radius 3 is 2.70 bits per heavy atom. The van der Waals surface area contributed by atoms with Crippen LogP contribution in [-0.4, -0.2) is 36.5 Å². The number of aliphatic hydroxyl groups excluding tert-OH is 1. The van der Waals surface area contributed by atoms with Gasteiger partial charge in [-0.1, -0.05) is 12.1 Å². The summed E-state index contributed by atoms with van der Waals surface area (Å²) in [6.45, 7) is 0. The van der Waals surface area contributed by atoms with Crippen LogP contribution in [0.3, 0.4) is 0 Å². The second kappa shape index (κ2) is 5.41. The molecule has 0 spiro atoms. The lowest BCUT2D eigenvalue weighted by molar-refractivity contribution is -0.167. The van der Waals surface area contributed by atoms with E-state index >= 15 is 0 Å². The Morgan fingerprint density at radius 2 is 2.10 bits per heavy atom. The highest BCUT2D eigenvalue weighted by molar-refractivity contribution is 5.95. The van der Waals surface area contributed by atoms with Gasteiger partial charge in [-0.25, -0.2) is 0 Å². The number of ether oxygens (including phenoxy) is 1. The van der Waals surface area contributed by atoms with Gasteiger partial charge in [-0.2, -0.15) is 13.2 Å². The highest BCUT2D eigenvalue weighted by atomic mass is 19.4. The molecule has 0 heterocycles. The lowest BCUT2D eigenvalue weighted by Crippen LogP contribution is -2.37. The number of hydrogen-bond donors (Lipinski definition) is 2. The molecule has 2 atom stereocenters. The van der Waals surface area contributed by atoms with Gasteiger partial charge in [0.15, 0.2) is 0 Å². The third-order valence-corrected chi connectivity index (χ3v) is 3.34. The van der Waals surface area contributed by atoms with Gasteiger partial charge in [0.25, 0.3) is 0 Å². The standard InChI is InChI=1S/C13H14F3NO3/c1-20-11-6-8-7(5-10(11)18)3-2-4-9(8)17-12(19)13(14,15)16/h2-4,10-11,18H,5-6H2,1H3,(H,17,19). The predicted octanol–water partition coefficient (Wildman–Crippen LogP) is 1.66. The normalized spacial score (nSPS) is 22.2. The van der Waals surface area contributed by atoms with Crippen LogP contribution in [0.2, 0.25) is 0 Å². The van der Waals surface area contributed by atoms with Crippen LogP contribution < -0.4 is 5.32 Å². The van der Waals surface area contributed by atoms with E-state index in [0.717, 1.165) is 0 Å². The Morgan fingerprint density at radius 1 is 1.40 bits per heavy atom. The van der Waals surface area contributed by atoms with Crippen LogP contribution in [-0.2, 0) is 22.4 Å². The molecular weight excluding hydrogens is 275 g/mol. The molecule has 4 nitrogen and oxygen atoms in total. The van der Waals surface area contributed by atoms with Crippen molar-refractivity contribution in [3.05, 3.63) is 29.3 Å². The molecule has 2 rings (SSSR count). The summed E-state index contributed by atoms with van der Waals surface area (Å²) in [5.74, 6) is -2.01. The van der Waals surface area contributed by atoms with E-state index in [0.29, 0.717) is 11.1 Å². The number of nitrogens with one attached hydrogen (secondary N) is 1. The highest BCUT2D eigenvalue weighted by Gasteiger charge is 2.39. The van der Waals surface area contributed by atoms with E-state index in [2.05, 4.69) is 0 Å². The smallest absolute Gasteiger partial charge is 0.390 e. The number of carbonyl (C=O) groups is 1. The molecule has 110 valence electrons. The van der Waals surface area contributed by atoms with Crippen molar-refractivity contribution in [2.24, 2.45) is 0 Å². The predicted molar refractivity (Wildman–Crippen MR) is 65.3 cm³/mol. The second-order valence-electron chi connectivity index (χ2n) is 4.64. The zero-order chi connectivity index (χ0) is 14.9. The molecule has 0 saturated heterocycles. The Balaban J connectivity index is 2.29. The Bertz CT molecular complexity index is 516. The number of methoxy groups -OCH3 is 1. The first-order chi connectivity index (χ1) is 9.32. The summed E-state index contributed by atoms with van der Waals surface area (Å²) in [6.07, 6.45) is -5.60. The molecule has 2 N–H and O–H groups in total. The molecule has 1 aliphatic carbocycles. The molecule has 0 saturated carbocycles. The fourth-order valence-corrected chi connectivity index (χ4v) is 2.31. The summed E-state index contributed by atoms with van der Waals surface area (Å²) >= 11 is 0. The van der Waals surface area contributed by atoms with Crippen molar-refractivity contribution in [2.75, 3.05) is 12.4 Å². The number of anilines is 1. The van der Waals surface area contributed by atoms with Crippen molar-refractivity contribution in [1.82, 2.24) is 0 Å². The van der Waals surface area contributed by atoms with Gasteiger partial charge in [0, 0.05) is 25.6 Å². The van der Waals surface area contributed by atoms with Crippen LogP contribution in [0.1, 0.15) is 11.1 Å². The number of rotatable bonds is 2. The van der Waals surface area contributed by atoms with Gasteiger partial charge in [0.1, 0.15) is 0 Å². The lowest BCUT2D eigenvalue weighted by atomic mass is 9.86. The Hall–Kier alpha value is -1.60. The summed E-state index contributed by atoms with van der Waals surface area (Å²) in [6, 6.07) is 4.67. The molecular formula is C13H14F3NO3. The molecule has 20 heavy (non-hydrogen) atoms. The van der Waals surface area contributed by atoms with Crippen LogP contribution in [0.5, 0.6) is 0 Å². The summed E-state index contributed by atoms with van der Waals surface area (Å²) in [5.41, 5.74) is 1.40. The minimum Gasteiger partial charge on any atom is -0.390 e. The van der Waals surface area contributed by atoms with Crippen LogP contribution in [0.25, 0.3) is 0 Å². The van der Waals surface area contributed by atoms with Gasteiger partial charge in [-0.3, -0.25) is 4.79 Å². The third-order valence-electron chi connectivity index (χ3n) is 3.34. The van der Waals surface area contributed by atoms with Gasteiger partial charge < -0.3 is 15.2 Å². The average molecular weight is 289 g/mol. The quantitative estimate of drug-likeness (QED) is 0.870. The highest BCUT2D eigenvalue weighted by Crippen LogP contribution is 2.30. The topological polar surface area (TPSA) is 58.6 Å². The first-order valence-corrected chi connectivity index (χ1v) is 6.02. The van der Waals surface area contributed by atoms with Crippen LogP contribution in [0.4, 0.5) is 18.9 Å². The number of amides is 1. The van der Waals surface area contributed by atoms with Crippen LogP contribution in [0, 0.1) is 0 Å². The van der Waals surface area contributed by atoms with Crippen LogP contribution in [0.15, 0.2) is 18.2 Å². The van der Waals surface area contributed by atoms with E-state index in [-0.39, 0.29) is 18.5 Å². The SMILES string of the molecule is COC1Cc2c(cccc2NC(=O)C(F)(F)F)CC1O. The summed E-state index contributed by atoms with van der Waals surface area (Å²) in [5, 5.41) is 11.7. The molecule has 1 aromatic carbocycles. The minimum atomic E-state index is -4.93. The van der Waals surface area contributed by atoms with E-state index in [9.17, 15) is 23.1 Å². The molecule has 0 bridgehead atoms. The number of fused-ring (bicyclic) bond motifs is 1. The molecule has 0 aliphatic heterocycles. The molecule has 1 aromatic rings. The Kier molecular flexibility index (Phi) is 4.01. The van der Waals surface area contributed by atoms with Crippen molar-refractivity contribution in [3.63, 3.8) is 0 Å². The zero-order valence-electron chi connectivity index (χ0n) is 10.7. The maximum Gasteiger partial charge on any atom is 0.471 e. The van der Waals surface area contributed by atoms with Crippen molar-refractivity contribution in [3.8, 4) is 0 Å². The van der Waals surface area contributed by atoms with E-state index in [4.69, 9.17) is 4.74 Å². The summed E-state index contributed by atoms with van der Waals surface area (Å²) < 4.78 is 42.0. The average Bonchev–Trinajstić information content (AvgIpc) is 2.37. The molecule has 7 heteroatoms. The van der Waals surface area contributed by atoms with E-state index in [1.807, 2.05) is 5.32 Å². The molecule has 0 fully saturated rings. The third kappa shape index (κ3) is 2.94. The number of benzene rings is 1. The van der Waals surface area contributed by atoms with Crippen molar-refractivity contribution < 1.29 is 27.8 Å². The fourth-order valence-electron chi connectivity index (χ4n) is 2.31. The van der Waals surface area contributed by atoms with Crippen molar-refractivity contribution >= 4 is 11.6 Å². The molecule has 2 unspecified atom stereocenters. The number of aliphatic hydroxyl groups is 1. The van der Waals surface area contributed by atoms with Gasteiger partial charge in [0.2, 0.25) is 0 Å². The van der Waals surface area contributed by atoms with E-state index in [1.54, 1.807) is 12.1 Å². The van der Waals surface area contributed by atoms with Gasteiger partial charge in [-0.05, 0) is 17.2 Å². The van der Waals surface area contributed by atoms with Crippen molar-refractivity contribution in [1.29, 1.82) is 0 Å². The monoisotopic (exact) mass is 289 g/mol. The van der Waals surface area contributed by atoms with E-state index in [1.165, 1.54) is 13.2 Å². The number of carbonyl (C=O) groups excluding carboxylic acids is 1. The minimum absolute atomic E-state index is 0.110. The molecule has 0 radical (unpaired) electrons. The maximum absolute atomic E-state index is 12.3. The Labute approximate surface area is 113 Å². The summed E-state index contributed by atoms with van der Waals surface area (Å²) in [4.78, 5) is 11.0. The zero-order valence-corrected chi connectivity index (χ0v) is 10.7. The van der Waals surface area contributed by atoms with Crippen LogP contribution >= 0.6 is 0 Å². The fraction of sp³-hybridized carbons (Fsp3) is 0.462.